The Morgan fingerprint density at radius 1 is 1.16 bits per heavy atom. The zero-order valence-corrected chi connectivity index (χ0v) is 18.1. The molecule has 0 fully saturated rings. The standard InChI is InChI=1S/C25H22N6O/c1-17-23(31-15-22(29-30-31)20-7-5-9-27-14-20)10-18(13-28-17)11-24(32)19-6-4-8-21(12-19)25(2,3)16-26/h4-10,12-15H,11H2,1-3H3. The molecule has 0 atom stereocenters. The molecular formula is C25H22N6O. The predicted octanol–water partition coefficient (Wildman–Crippen LogP) is 4.26. The van der Waals surface area contributed by atoms with E-state index in [9.17, 15) is 10.1 Å². The average Bonchev–Trinajstić information content (AvgIpc) is 3.31. The highest BCUT2D eigenvalue weighted by molar-refractivity contribution is 5.97. The van der Waals surface area contributed by atoms with Crippen LogP contribution >= 0.6 is 0 Å². The fraction of sp³-hybridized carbons (Fsp3) is 0.200. The molecule has 0 aliphatic rings. The quantitative estimate of drug-likeness (QED) is 0.431. The van der Waals surface area contributed by atoms with Crippen molar-refractivity contribution in [3.05, 3.63) is 89.6 Å². The minimum atomic E-state index is -0.659. The summed E-state index contributed by atoms with van der Waals surface area (Å²) >= 11 is 0. The van der Waals surface area contributed by atoms with Crippen LogP contribution in [-0.4, -0.2) is 30.7 Å². The Morgan fingerprint density at radius 2 is 2.00 bits per heavy atom. The fourth-order valence-corrected chi connectivity index (χ4v) is 3.35. The summed E-state index contributed by atoms with van der Waals surface area (Å²) in [5.74, 6) is -0.0353. The predicted molar refractivity (Wildman–Crippen MR) is 120 cm³/mol. The second kappa shape index (κ2) is 8.52. The number of carbonyl (C=O) groups is 1. The molecular weight excluding hydrogens is 400 g/mol. The van der Waals surface area contributed by atoms with Crippen molar-refractivity contribution in [2.24, 2.45) is 0 Å². The molecule has 0 aliphatic heterocycles. The van der Waals surface area contributed by atoms with Gasteiger partial charge in [-0.15, -0.1) is 5.10 Å². The van der Waals surface area contributed by atoms with Gasteiger partial charge in [0.15, 0.2) is 5.78 Å². The molecule has 0 saturated carbocycles. The zero-order valence-electron chi connectivity index (χ0n) is 18.1. The van der Waals surface area contributed by atoms with E-state index in [2.05, 4.69) is 26.3 Å². The van der Waals surface area contributed by atoms with Crippen LogP contribution in [0.3, 0.4) is 0 Å². The minimum Gasteiger partial charge on any atom is -0.294 e. The largest absolute Gasteiger partial charge is 0.294 e. The van der Waals surface area contributed by atoms with E-state index in [1.165, 1.54) is 0 Å². The number of rotatable bonds is 6. The number of ketones is 1. The fourth-order valence-electron chi connectivity index (χ4n) is 3.35. The third kappa shape index (κ3) is 4.30. The topological polar surface area (TPSA) is 97.3 Å². The van der Waals surface area contributed by atoms with E-state index in [0.717, 1.165) is 28.1 Å². The van der Waals surface area contributed by atoms with Gasteiger partial charge in [0, 0.05) is 36.1 Å². The average molecular weight is 422 g/mol. The Bertz CT molecular complexity index is 1320. The van der Waals surface area contributed by atoms with Crippen LogP contribution in [-0.2, 0) is 11.8 Å². The van der Waals surface area contributed by atoms with Crippen LogP contribution < -0.4 is 0 Å². The van der Waals surface area contributed by atoms with Crippen molar-refractivity contribution in [2.75, 3.05) is 0 Å². The van der Waals surface area contributed by atoms with Crippen molar-refractivity contribution in [1.29, 1.82) is 5.26 Å². The van der Waals surface area contributed by atoms with Crippen LogP contribution in [0.2, 0.25) is 0 Å². The van der Waals surface area contributed by atoms with E-state index in [1.807, 2.05) is 57.3 Å². The number of nitrogens with zero attached hydrogens (tertiary/aromatic N) is 6. The molecule has 1 aromatic carbocycles. The molecule has 0 bridgehead atoms. The molecule has 3 heterocycles. The SMILES string of the molecule is Cc1ncc(CC(=O)c2cccc(C(C)(C)C#N)c2)cc1-n1cc(-c2cccnc2)nn1. The molecule has 7 heteroatoms. The van der Waals surface area contributed by atoms with Crippen LogP contribution in [0.5, 0.6) is 0 Å². The summed E-state index contributed by atoms with van der Waals surface area (Å²) in [6.45, 7) is 5.56. The number of Topliss-reactive ketones (excluding diaryl/α,β-unsaturated/α-hetero) is 1. The molecule has 158 valence electrons. The molecule has 32 heavy (non-hydrogen) atoms. The maximum absolute atomic E-state index is 13.0. The Kier molecular flexibility index (Phi) is 5.61. The van der Waals surface area contributed by atoms with E-state index in [0.29, 0.717) is 11.3 Å². The van der Waals surface area contributed by atoms with Gasteiger partial charge in [-0.3, -0.25) is 14.8 Å². The van der Waals surface area contributed by atoms with Gasteiger partial charge in [0.1, 0.15) is 5.69 Å². The molecule has 0 unspecified atom stereocenters. The van der Waals surface area contributed by atoms with E-state index in [-0.39, 0.29) is 12.2 Å². The number of aromatic nitrogens is 5. The highest BCUT2D eigenvalue weighted by atomic mass is 16.1. The summed E-state index contributed by atoms with van der Waals surface area (Å²) in [5.41, 5.74) is 4.63. The minimum absolute atomic E-state index is 0.0353. The van der Waals surface area contributed by atoms with Crippen molar-refractivity contribution in [2.45, 2.75) is 32.6 Å². The van der Waals surface area contributed by atoms with Crippen molar-refractivity contribution in [3.63, 3.8) is 0 Å². The number of benzene rings is 1. The molecule has 0 amide bonds. The number of aryl methyl sites for hydroxylation is 1. The third-order valence-electron chi connectivity index (χ3n) is 5.36. The molecule has 0 saturated heterocycles. The number of pyridine rings is 2. The third-order valence-corrected chi connectivity index (χ3v) is 5.36. The van der Waals surface area contributed by atoms with E-state index in [1.54, 1.807) is 35.4 Å². The van der Waals surface area contributed by atoms with Gasteiger partial charge in [-0.2, -0.15) is 5.26 Å². The normalized spacial score (nSPS) is 11.2. The molecule has 3 aromatic heterocycles. The van der Waals surface area contributed by atoms with Crippen LogP contribution in [0.15, 0.2) is 67.3 Å². The van der Waals surface area contributed by atoms with Crippen molar-refractivity contribution in [1.82, 2.24) is 25.0 Å². The van der Waals surface area contributed by atoms with E-state index in [4.69, 9.17) is 0 Å². The summed E-state index contributed by atoms with van der Waals surface area (Å²) in [6, 6.07) is 15.2. The molecule has 0 spiro atoms. The summed E-state index contributed by atoms with van der Waals surface area (Å²) < 4.78 is 1.66. The van der Waals surface area contributed by atoms with Gasteiger partial charge in [-0.05, 0) is 56.2 Å². The molecule has 4 aromatic rings. The lowest BCUT2D eigenvalue weighted by Crippen LogP contribution is -2.15. The highest BCUT2D eigenvalue weighted by Gasteiger charge is 2.21. The second-order valence-electron chi connectivity index (χ2n) is 8.16. The van der Waals surface area contributed by atoms with E-state index < -0.39 is 5.41 Å². The first-order valence-electron chi connectivity index (χ1n) is 10.2. The lowest BCUT2D eigenvalue weighted by atomic mass is 9.85. The zero-order chi connectivity index (χ0) is 22.7. The van der Waals surface area contributed by atoms with Crippen LogP contribution in [0, 0.1) is 18.3 Å². The van der Waals surface area contributed by atoms with Crippen LogP contribution in [0.4, 0.5) is 0 Å². The van der Waals surface area contributed by atoms with Crippen molar-refractivity contribution < 1.29 is 4.79 Å². The summed E-state index contributed by atoms with van der Waals surface area (Å²) in [5, 5.41) is 17.9. The first kappa shape index (κ1) is 21.1. The van der Waals surface area contributed by atoms with Gasteiger partial charge >= 0.3 is 0 Å². The number of hydrogen-bond donors (Lipinski definition) is 0. The van der Waals surface area contributed by atoms with Gasteiger partial charge in [-0.25, -0.2) is 4.68 Å². The molecule has 0 N–H and O–H groups in total. The summed E-state index contributed by atoms with van der Waals surface area (Å²) in [7, 11) is 0. The van der Waals surface area contributed by atoms with Crippen LogP contribution in [0.1, 0.15) is 41.0 Å². The van der Waals surface area contributed by atoms with Gasteiger partial charge < -0.3 is 0 Å². The second-order valence-corrected chi connectivity index (χ2v) is 8.16. The lowest BCUT2D eigenvalue weighted by molar-refractivity contribution is 0.0992. The van der Waals surface area contributed by atoms with Crippen molar-refractivity contribution >= 4 is 5.78 Å². The van der Waals surface area contributed by atoms with Gasteiger partial charge in [-0.1, -0.05) is 23.4 Å². The van der Waals surface area contributed by atoms with Crippen molar-refractivity contribution in [3.8, 4) is 23.0 Å². The molecule has 0 radical (unpaired) electrons. The first-order chi connectivity index (χ1) is 15.4. The summed E-state index contributed by atoms with van der Waals surface area (Å²) in [4.78, 5) is 21.5. The van der Waals surface area contributed by atoms with Gasteiger partial charge in [0.05, 0.1) is 29.1 Å². The van der Waals surface area contributed by atoms with Crippen LogP contribution in [0.25, 0.3) is 16.9 Å². The maximum atomic E-state index is 13.0. The Hall–Kier alpha value is -4.18. The first-order valence-corrected chi connectivity index (χ1v) is 10.2. The molecule has 4 rings (SSSR count). The number of hydrogen-bond acceptors (Lipinski definition) is 6. The summed E-state index contributed by atoms with van der Waals surface area (Å²) in [6.07, 6.45) is 7.16. The maximum Gasteiger partial charge on any atom is 0.167 e. The molecule has 0 aliphatic carbocycles. The van der Waals surface area contributed by atoms with Gasteiger partial charge in [0.25, 0.3) is 0 Å². The Balaban J connectivity index is 1.59. The number of carbonyl (C=O) groups excluding carboxylic acids is 1. The highest BCUT2D eigenvalue weighted by Crippen LogP contribution is 2.24. The molecule has 7 nitrogen and oxygen atoms in total. The lowest BCUT2D eigenvalue weighted by Gasteiger charge is -2.16. The Morgan fingerprint density at radius 3 is 2.75 bits per heavy atom. The monoisotopic (exact) mass is 422 g/mol. The Labute approximate surface area is 186 Å². The van der Waals surface area contributed by atoms with Gasteiger partial charge in [0.2, 0.25) is 0 Å². The smallest absolute Gasteiger partial charge is 0.167 e. The number of nitriles is 1. The van der Waals surface area contributed by atoms with E-state index >= 15 is 0 Å².